The van der Waals surface area contributed by atoms with E-state index in [1.54, 1.807) is 24.4 Å². The molecular weight excluding hydrogens is 374 g/mol. The van der Waals surface area contributed by atoms with Crippen LogP contribution in [0.15, 0.2) is 47.9 Å². The molecule has 2 heterocycles. The standard InChI is InChI=1S/C19H19N7O3/c1-10(2)15(16(20)27)24-19-22-9-13(18(28)26-29)17(25-19)23-12-5-6-14-11(8-12)4-3-7-21-14/h3-10,15H,1-2H3,(H2,20,27)(H2,22,23,24,25)/t15-/m1/s1. The van der Waals surface area contributed by atoms with Crippen LogP contribution in [-0.4, -0.2) is 32.8 Å². The van der Waals surface area contributed by atoms with E-state index >= 15 is 0 Å². The van der Waals surface area contributed by atoms with Gasteiger partial charge in [-0.2, -0.15) is 4.98 Å². The highest BCUT2D eigenvalue weighted by Gasteiger charge is 2.22. The first-order chi connectivity index (χ1) is 13.9. The van der Waals surface area contributed by atoms with E-state index < -0.39 is 17.9 Å². The van der Waals surface area contributed by atoms with Gasteiger partial charge in [0, 0.05) is 28.6 Å². The van der Waals surface area contributed by atoms with Crippen LogP contribution in [0.2, 0.25) is 0 Å². The van der Waals surface area contributed by atoms with Crippen LogP contribution in [-0.2, 0) is 4.79 Å². The number of carbonyl (C=O) groups is 2. The molecule has 1 aromatic carbocycles. The molecule has 0 aliphatic heterocycles. The lowest BCUT2D eigenvalue weighted by atomic mass is 10.0. The van der Waals surface area contributed by atoms with Crippen LogP contribution >= 0.6 is 0 Å². The molecule has 3 aromatic rings. The maximum atomic E-state index is 11.9. The van der Waals surface area contributed by atoms with E-state index in [9.17, 15) is 14.5 Å². The number of nitrogens with one attached hydrogen (secondary N) is 2. The predicted octanol–water partition coefficient (Wildman–Crippen LogP) is 2.60. The molecule has 0 bridgehead atoms. The van der Waals surface area contributed by atoms with E-state index in [1.165, 1.54) is 6.20 Å². The Kier molecular flexibility index (Phi) is 5.72. The van der Waals surface area contributed by atoms with Crippen LogP contribution in [0.1, 0.15) is 24.2 Å². The van der Waals surface area contributed by atoms with Crippen LogP contribution in [0.25, 0.3) is 10.9 Å². The van der Waals surface area contributed by atoms with Crippen molar-refractivity contribution in [3.8, 4) is 0 Å². The number of fused-ring (bicyclic) bond motifs is 1. The fraction of sp³-hybridized carbons (Fsp3) is 0.211. The maximum absolute atomic E-state index is 11.9. The topological polar surface area (TPSA) is 152 Å². The molecule has 10 heteroatoms. The molecule has 0 unspecified atom stereocenters. The minimum Gasteiger partial charge on any atom is -0.368 e. The number of rotatable bonds is 7. The summed E-state index contributed by atoms with van der Waals surface area (Å²) in [4.78, 5) is 46.8. The van der Waals surface area contributed by atoms with Gasteiger partial charge in [0.2, 0.25) is 11.9 Å². The van der Waals surface area contributed by atoms with Crippen molar-refractivity contribution in [1.82, 2.24) is 15.0 Å². The Morgan fingerprint density at radius 1 is 1.17 bits per heavy atom. The van der Waals surface area contributed by atoms with Gasteiger partial charge in [-0.3, -0.25) is 14.6 Å². The van der Waals surface area contributed by atoms with Crippen LogP contribution in [0.4, 0.5) is 17.5 Å². The Labute approximate surface area is 165 Å². The first kappa shape index (κ1) is 19.8. The van der Waals surface area contributed by atoms with Crippen LogP contribution in [0, 0.1) is 10.8 Å². The number of nitrogens with two attached hydrogens (primary N) is 1. The molecule has 0 aliphatic carbocycles. The summed E-state index contributed by atoms with van der Waals surface area (Å²) in [6, 6.07) is 8.37. The summed E-state index contributed by atoms with van der Waals surface area (Å²) in [6.07, 6.45) is 2.86. The number of nitroso groups, excluding NO2 is 1. The molecule has 0 saturated carbocycles. The number of anilines is 3. The van der Waals surface area contributed by atoms with Gasteiger partial charge >= 0.3 is 5.91 Å². The molecule has 3 rings (SSSR count). The van der Waals surface area contributed by atoms with E-state index in [0.29, 0.717) is 5.69 Å². The highest BCUT2D eigenvalue weighted by molar-refractivity contribution is 6.00. The molecular formula is C19H19N7O3. The molecule has 0 aliphatic rings. The fourth-order valence-corrected chi connectivity index (χ4v) is 2.75. The predicted molar refractivity (Wildman–Crippen MR) is 109 cm³/mol. The average Bonchev–Trinajstić information content (AvgIpc) is 2.71. The number of carbonyl (C=O) groups excluding carboxylic acids is 2. The number of nitrogens with zero attached hydrogens (tertiary/aromatic N) is 4. The lowest BCUT2D eigenvalue weighted by molar-refractivity contribution is -0.119. The first-order valence-electron chi connectivity index (χ1n) is 8.81. The Hall–Kier alpha value is -3.95. The molecule has 2 aromatic heterocycles. The highest BCUT2D eigenvalue weighted by atomic mass is 16.3. The molecule has 2 amide bonds. The second-order valence-electron chi connectivity index (χ2n) is 6.66. The van der Waals surface area contributed by atoms with Crippen molar-refractivity contribution < 1.29 is 9.59 Å². The van der Waals surface area contributed by atoms with Crippen molar-refractivity contribution in [2.24, 2.45) is 16.8 Å². The van der Waals surface area contributed by atoms with Gasteiger partial charge in [0.15, 0.2) is 0 Å². The third-order valence-electron chi connectivity index (χ3n) is 4.23. The summed E-state index contributed by atoms with van der Waals surface area (Å²) >= 11 is 0. The fourth-order valence-electron chi connectivity index (χ4n) is 2.75. The summed E-state index contributed by atoms with van der Waals surface area (Å²) in [7, 11) is 0. The summed E-state index contributed by atoms with van der Waals surface area (Å²) in [5.74, 6) is -1.54. The molecule has 148 valence electrons. The molecule has 0 spiro atoms. The summed E-state index contributed by atoms with van der Waals surface area (Å²) in [5.41, 5.74) is 6.73. The van der Waals surface area contributed by atoms with Crippen molar-refractivity contribution in [2.45, 2.75) is 19.9 Å². The maximum Gasteiger partial charge on any atom is 0.322 e. The summed E-state index contributed by atoms with van der Waals surface area (Å²) in [5, 5.41) is 9.17. The number of hydrogen-bond donors (Lipinski definition) is 3. The van der Waals surface area contributed by atoms with Gasteiger partial charge in [0.05, 0.1) is 5.52 Å². The smallest absolute Gasteiger partial charge is 0.322 e. The van der Waals surface area contributed by atoms with E-state index in [0.717, 1.165) is 10.9 Å². The minimum absolute atomic E-state index is 0.0716. The zero-order chi connectivity index (χ0) is 21.0. The zero-order valence-electron chi connectivity index (χ0n) is 15.8. The average molecular weight is 393 g/mol. The Morgan fingerprint density at radius 2 is 1.97 bits per heavy atom. The first-order valence-corrected chi connectivity index (χ1v) is 8.81. The Morgan fingerprint density at radius 3 is 2.66 bits per heavy atom. The second-order valence-corrected chi connectivity index (χ2v) is 6.66. The third-order valence-corrected chi connectivity index (χ3v) is 4.23. The lowest BCUT2D eigenvalue weighted by Crippen LogP contribution is -2.40. The summed E-state index contributed by atoms with van der Waals surface area (Å²) < 4.78 is 0. The molecule has 4 N–H and O–H groups in total. The Balaban J connectivity index is 1.98. The van der Waals surface area contributed by atoms with Crippen molar-refractivity contribution in [2.75, 3.05) is 10.6 Å². The molecule has 0 radical (unpaired) electrons. The quantitative estimate of drug-likeness (QED) is 0.518. The van der Waals surface area contributed by atoms with E-state index in [1.807, 2.05) is 26.0 Å². The second kappa shape index (κ2) is 8.38. The lowest BCUT2D eigenvalue weighted by Gasteiger charge is -2.19. The molecule has 29 heavy (non-hydrogen) atoms. The molecule has 0 fully saturated rings. The zero-order valence-corrected chi connectivity index (χ0v) is 15.8. The van der Waals surface area contributed by atoms with Gasteiger partial charge in [-0.05, 0) is 30.2 Å². The highest BCUT2D eigenvalue weighted by Crippen LogP contribution is 2.24. The Bertz CT molecular complexity index is 1080. The molecule has 1 atom stereocenters. The van der Waals surface area contributed by atoms with Gasteiger partial charge in [-0.25, -0.2) is 4.98 Å². The van der Waals surface area contributed by atoms with Crippen molar-refractivity contribution in [3.63, 3.8) is 0 Å². The van der Waals surface area contributed by atoms with Crippen LogP contribution < -0.4 is 16.4 Å². The number of aromatic nitrogens is 3. The van der Waals surface area contributed by atoms with Crippen molar-refractivity contribution in [3.05, 3.63) is 53.2 Å². The van der Waals surface area contributed by atoms with E-state index in [4.69, 9.17) is 5.73 Å². The number of amides is 2. The van der Waals surface area contributed by atoms with E-state index in [-0.39, 0.29) is 23.2 Å². The number of primary amides is 1. The number of benzene rings is 1. The van der Waals surface area contributed by atoms with Crippen molar-refractivity contribution in [1.29, 1.82) is 0 Å². The summed E-state index contributed by atoms with van der Waals surface area (Å²) in [6.45, 7) is 3.64. The minimum atomic E-state index is -1.02. The monoisotopic (exact) mass is 393 g/mol. The van der Waals surface area contributed by atoms with Gasteiger partial charge in [0.1, 0.15) is 17.4 Å². The van der Waals surface area contributed by atoms with Crippen molar-refractivity contribution >= 4 is 40.2 Å². The molecule has 0 saturated heterocycles. The van der Waals surface area contributed by atoms with Crippen LogP contribution in [0.3, 0.4) is 0 Å². The van der Waals surface area contributed by atoms with Crippen LogP contribution in [0.5, 0.6) is 0 Å². The van der Waals surface area contributed by atoms with Gasteiger partial charge in [-0.1, -0.05) is 19.9 Å². The number of pyridine rings is 1. The largest absolute Gasteiger partial charge is 0.368 e. The van der Waals surface area contributed by atoms with E-state index in [2.05, 4.69) is 30.8 Å². The van der Waals surface area contributed by atoms with Gasteiger partial charge in [0.25, 0.3) is 0 Å². The SMILES string of the molecule is CC(C)[C@@H](Nc1ncc(C(=O)N=O)c(Nc2ccc3ncccc3c2)n1)C(N)=O. The third kappa shape index (κ3) is 4.49. The molecule has 10 nitrogen and oxygen atoms in total. The van der Waals surface area contributed by atoms with Gasteiger partial charge in [-0.15, -0.1) is 4.91 Å². The number of hydrogen-bond acceptors (Lipinski definition) is 8. The van der Waals surface area contributed by atoms with Gasteiger partial charge < -0.3 is 16.4 Å². The normalized spacial score (nSPS) is 11.8.